The van der Waals surface area contributed by atoms with Crippen LogP contribution < -0.4 is 5.32 Å². The van der Waals surface area contributed by atoms with E-state index in [-0.39, 0.29) is 33.7 Å². The molecule has 12 heteroatoms. The van der Waals surface area contributed by atoms with E-state index in [1.165, 1.54) is 24.7 Å². The number of aromatic nitrogens is 7. The Balaban J connectivity index is 1.42. The summed E-state index contributed by atoms with van der Waals surface area (Å²) in [5, 5.41) is 9.77. The number of hydrogen-bond donors (Lipinski definition) is 3. The van der Waals surface area contributed by atoms with Gasteiger partial charge < -0.3 is 10.3 Å². The number of carbonyl (C=O) groups excluding carboxylic acids is 1. The summed E-state index contributed by atoms with van der Waals surface area (Å²) < 4.78 is 29.6. The van der Waals surface area contributed by atoms with Crippen molar-refractivity contribution in [1.82, 2.24) is 35.1 Å². The van der Waals surface area contributed by atoms with Crippen LogP contribution in [0.3, 0.4) is 0 Å². The minimum Gasteiger partial charge on any atom is -0.335 e. The van der Waals surface area contributed by atoms with Gasteiger partial charge in [-0.3, -0.25) is 19.9 Å². The molecule has 0 aliphatic heterocycles. The van der Waals surface area contributed by atoms with E-state index in [4.69, 9.17) is 0 Å². The third kappa shape index (κ3) is 4.28. The fourth-order valence-corrected chi connectivity index (χ4v) is 5.02. The maximum Gasteiger partial charge on any atom is 0.224 e. The number of hydrogen-bond acceptors (Lipinski definition) is 7. The van der Waals surface area contributed by atoms with Crippen molar-refractivity contribution in [2.45, 2.75) is 20.3 Å². The van der Waals surface area contributed by atoms with Gasteiger partial charge in [0.15, 0.2) is 22.4 Å². The molecule has 6 rings (SSSR count). The summed E-state index contributed by atoms with van der Waals surface area (Å²) in [6.07, 6.45) is 6.41. The number of anilines is 1. The van der Waals surface area contributed by atoms with Crippen LogP contribution in [0.5, 0.6) is 0 Å². The van der Waals surface area contributed by atoms with E-state index in [9.17, 15) is 9.18 Å². The summed E-state index contributed by atoms with van der Waals surface area (Å²) in [7, 11) is 0. The molecule has 0 spiro atoms. The van der Waals surface area contributed by atoms with Crippen LogP contribution >= 0.6 is 11.3 Å². The van der Waals surface area contributed by atoms with E-state index in [0.29, 0.717) is 45.1 Å². The van der Waals surface area contributed by atoms with Crippen LogP contribution in [-0.4, -0.2) is 41.0 Å². The van der Waals surface area contributed by atoms with Crippen LogP contribution in [0.15, 0.2) is 49.1 Å². The molecular formula is C26H20F2N8OS. The monoisotopic (exact) mass is 530 g/mol. The molecule has 3 N–H and O–H groups in total. The highest BCUT2D eigenvalue weighted by atomic mass is 32.1. The zero-order valence-electron chi connectivity index (χ0n) is 20.2. The predicted octanol–water partition coefficient (Wildman–Crippen LogP) is 5.95. The highest BCUT2D eigenvalue weighted by Crippen LogP contribution is 2.35. The van der Waals surface area contributed by atoms with E-state index in [1.54, 1.807) is 24.4 Å². The van der Waals surface area contributed by atoms with Crippen LogP contribution in [-0.2, 0) is 4.79 Å². The van der Waals surface area contributed by atoms with E-state index < -0.39 is 5.82 Å². The second-order valence-corrected chi connectivity index (χ2v) is 10.2. The lowest BCUT2D eigenvalue weighted by Crippen LogP contribution is -2.14. The van der Waals surface area contributed by atoms with Gasteiger partial charge in [-0.2, -0.15) is 9.49 Å². The SMILES string of the molecule is CC(C)CC(=O)Nc1cncc(-c2ncc3[nH]nc(-c4nc5nccc(-c6ccc(F)s6)c5[nH]4)c3c2F)c1. The van der Waals surface area contributed by atoms with Crippen molar-refractivity contribution in [3.8, 4) is 33.2 Å². The maximum absolute atomic E-state index is 16.0. The summed E-state index contributed by atoms with van der Waals surface area (Å²) in [5.74, 6) is -0.272. The van der Waals surface area contributed by atoms with Crippen molar-refractivity contribution in [2.75, 3.05) is 5.32 Å². The van der Waals surface area contributed by atoms with Crippen molar-refractivity contribution in [1.29, 1.82) is 0 Å². The fourth-order valence-electron chi connectivity index (χ4n) is 4.26. The first kappa shape index (κ1) is 23.8. The van der Waals surface area contributed by atoms with Crippen molar-refractivity contribution in [3.63, 3.8) is 0 Å². The number of thiophene rings is 1. The smallest absolute Gasteiger partial charge is 0.224 e. The van der Waals surface area contributed by atoms with E-state index >= 15 is 4.39 Å². The molecule has 0 fully saturated rings. The molecule has 0 unspecified atom stereocenters. The molecule has 9 nitrogen and oxygen atoms in total. The number of carbonyl (C=O) groups is 1. The van der Waals surface area contributed by atoms with Crippen LogP contribution in [0, 0.1) is 16.9 Å². The lowest BCUT2D eigenvalue weighted by molar-refractivity contribution is -0.116. The molecule has 0 saturated carbocycles. The summed E-state index contributed by atoms with van der Waals surface area (Å²) >= 11 is 1.01. The van der Waals surface area contributed by atoms with Gasteiger partial charge in [-0.25, -0.2) is 14.4 Å². The Kier molecular flexibility index (Phi) is 5.87. The van der Waals surface area contributed by atoms with E-state index in [2.05, 4.69) is 40.4 Å². The minimum absolute atomic E-state index is 0.0524. The molecular weight excluding hydrogens is 510 g/mol. The van der Waals surface area contributed by atoms with Gasteiger partial charge in [0.1, 0.15) is 11.4 Å². The topological polar surface area (TPSA) is 125 Å². The summed E-state index contributed by atoms with van der Waals surface area (Å²) in [4.78, 5) is 33.3. The standard InChI is InChI=1S/C26H20F2N8OS/c1-12(2)7-19(37)32-14-8-13(9-29-10-14)22-21(28)20-16(11-31-22)35-36-24(20)26-33-23-15(5-6-30-25(23)34-26)17-3-4-18(27)38-17/h3-6,8-12H,7H2,1-2H3,(H,32,37)(H,35,36)(H,30,33,34). The third-order valence-electron chi connectivity index (χ3n) is 5.89. The largest absolute Gasteiger partial charge is 0.335 e. The van der Waals surface area contributed by atoms with Crippen molar-refractivity contribution in [3.05, 3.63) is 60.0 Å². The normalized spacial score (nSPS) is 11.6. The Morgan fingerprint density at radius 3 is 2.76 bits per heavy atom. The van der Waals surface area contributed by atoms with E-state index in [1.807, 2.05) is 13.8 Å². The molecule has 190 valence electrons. The van der Waals surface area contributed by atoms with Gasteiger partial charge in [-0.15, -0.1) is 11.3 Å². The number of rotatable bonds is 6. The second-order valence-electron chi connectivity index (χ2n) is 9.14. The first-order valence-corrected chi connectivity index (χ1v) is 12.6. The van der Waals surface area contributed by atoms with Crippen molar-refractivity contribution >= 4 is 45.0 Å². The number of aromatic amines is 2. The number of H-pyrrole nitrogens is 2. The molecule has 0 saturated heterocycles. The quantitative estimate of drug-likeness (QED) is 0.244. The number of imidazole rings is 1. The minimum atomic E-state index is -0.618. The van der Waals surface area contributed by atoms with Crippen LogP contribution in [0.2, 0.25) is 0 Å². The molecule has 0 radical (unpaired) electrons. The van der Waals surface area contributed by atoms with Gasteiger partial charge in [-0.05, 0) is 30.2 Å². The Morgan fingerprint density at radius 1 is 1.11 bits per heavy atom. The fraction of sp³-hybridized carbons (Fsp3) is 0.154. The van der Waals surface area contributed by atoms with Gasteiger partial charge in [0.2, 0.25) is 5.91 Å². The lowest BCUT2D eigenvalue weighted by atomic mass is 10.1. The Hall–Kier alpha value is -4.58. The summed E-state index contributed by atoms with van der Waals surface area (Å²) in [6.45, 7) is 3.90. The maximum atomic E-state index is 16.0. The first-order valence-electron chi connectivity index (χ1n) is 11.8. The number of amides is 1. The molecule has 0 aliphatic carbocycles. The lowest BCUT2D eigenvalue weighted by Gasteiger charge is -2.09. The van der Waals surface area contributed by atoms with Crippen LogP contribution in [0.1, 0.15) is 20.3 Å². The van der Waals surface area contributed by atoms with Crippen LogP contribution in [0.4, 0.5) is 14.5 Å². The molecule has 1 amide bonds. The molecule has 6 heterocycles. The number of pyridine rings is 3. The Bertz CT molecular complexity index is 1820. The number of halogens is 2. The molecule has 6 aromatic rings. The van der Waals surface area contributed by atoms with Crippen LogP contribution in [0.25, 0.3) is 55.3 Å². The summed E-state index contributed by atoms with van der Waals surface area (Å²) in [5.41, 5.74) is 3.23. The predicted molar refractivity (Wildman–Crippen MR) is 141 cm³/mol. The second kappa shape index (κ2) is 9.38. The third-order valence-corrected chi connectivity index (χ3v) is 6.80. The molecule has 0 aromatic carbocycles. The molecule has 6 aromatic heterocycles. The van der Waals surface area contributed by atoms with E-state index in [0.717, 1.165) is 16.9 Å². The molecule has 0 atom stereocenters. The Morgan fingerprint density at radius 2 is 1.97 bits per heavy atom. The van der Waals surface area contributed by atoms with Gasteiger partial charge in [0.05, 0.1) is 34.5 Å². The summed E-state index contributed by atoms with van der Waals surface area (Å²) in [6, 6.07) is 6.47. The zero-order chi connectivity index (χ0) is 26.4. The number of nitrogens with zero attached hydrogens (tertiary/aromatic N) is 5. The molecule has 0 aliphatic rings. The average Bonchev–Trinajstić information content (AvgIpc) is 3.61. The highest BCUT2D eigenvalue weighted by Gasteiger charge is 2.22. The van der Waals surface area contributed by atoms with Gasteiger partial charge in [0, 0.05) is 34.8 Å². The van der Waals surface area contributed by atoms with Gasteiger partial charge in [0.25, 0.3) is 0 Å². The van der Waals surface area contributed by atoms with Crippen molar-refractivity contribution in [2.24, 2.45) is 5.92 Å². The number of fused-ring (bicyclic) bond motifs is 2. The number of nitrogens with one attached hydrogen (secondary N) is 3. The average molecular weight is 531 g/mol. The molecule has 0 bridgehead atoms. The highest BCUT2D eigenvalue weighted by molar-refractivity contribution is 7.14. The van der Waals surface area contributed by atoms with Crippen molar-refractivity contribution < 1.29 is 13.6 Å². The molecule has 38 heavy (non-hydrogen) atoms. The first-order chi connectivity index (χ1) is 18.4. The van der Waals surface area contributed by atoms with Gasteiger partial charge in [-0.1, -0.05) is 13.8 Å². The Labute approximate surface area is 218 Å². The zero-order valence-corrected chi connectivity index (χ0v) is 21.0. The van der Waals surface area contributed by atoms with Gasteiger partial charge >= 0.3 is 0 Å².